The molecule has 1 unspecified atom stereocenters. The molecule has 4 aromatic rings. The molecule has 162 valence electrons. The van der Waals surface area contributed by atoms with Gasteiger partial charge in [0.25, 0.3) is 0 Å². The standard InChI is InChI=1S/C25H24FN5O/c1-15(16(2)19-5-8-27-21-6-9-32-25(19)21)13-29-23-12-22(30-14-31-23)18-10-17-4-3-7-28-24(17)20(26)11-18/h3-5,7-8,10-12,14-16H,6,9,13H2,1-2H3,(H,29,30,31)/t15?,16-/m1/s1. The summed E-state index contributed by atoms with van der Waals surface area (Å²) >= 11 is 0. The number of hydrogen-bond acceptors (Lipinski definition) is 6. The topological polar surface area (TPSA) is 72.8 Å². The summed E-state index contributed by atoms with van der Waals surface area (Å²) < 4.78 is 20.3. The van der Waals surface area contributed by atoms with Crippen LogP contribution in [0, 0.1) is 11.7 Å². The van der Waals surface area contributed by atoms with Crippen LogP contribution in [0.15, 0.2) is 55.1 Å². The van der Waals surface area contributed by atoms with E-state index in [1.165, 1.54) is 18.0 Å². The normalized spacial score (nSPS) is 14.6. The van der Waals surface area contributed by atoms with Gasteiger partial charge in [0.1, 0.15) is 29.2 Å². The first kappa shape index (κ1) is 20.3. The van der Waals surface area contributed by atoms with E-state index >= 15 is 0 Å². The third-order valence-electron chi connectivity index (χ3n) is 6.16. The Balaban J connectivity index is 1.32. The highest BCUT2D eigenvalue weighted by atomic mass is 19.1. The van der Waals surface area contributed by atoms with Gasteiger partial charge in [-0.2, -0.15) is 0 Å². The molecule has 0 amide bonds. The van der Waals surface area contributed by atoms with Gasteiger partial charge in [-0.3, -0.25) is 9.97 Å². The Morgan fingerprint density at radius 1 is 1.06 bits per heavy atom. The summed E-state index contributed by atoms with van der Waals surface area (Å²) in [6.07, 6.45) is 5.83. The minimum absolute atomic E-state index is 0.292. The van der Waals surface area contributed by atoms with Crippen LogP contribution >= 0.6 is 0 Å². The molecule has 5 rings (SSSR count). The van der Waals surface area contributed by atoms with Crippen molar-refractivity contribution >= 4 is 16.7 Å². The maximum Gasteiger partial charge on any atom is 0.150 e. The predicted molar refractivity (Wildman–Crippen MR) is 122 cm³/mol. The van der Waals surface area contributed by atoms with E-state index in [0.29, 0.717) is 41.0 Å². The quantitative estimate of drug-likeness (QED) is 0.464. The molecule has 6 nitrogen and oxygen atoms in total. The summed E-state index contributed by atoms with van der Waals surface area (Å²) in [5.41, 5.74) is 3.96. The summed E-state index contributed by atoms with van der Waals surface area (Å²) in [7, 11) is 0. The van der Waals surface area contributed by atoms with Crippen molar-refractivity contribution < 1.29 is 9.13 Å². The van der Waals surface area contributed by atoms with Crippen LogP contribution in [-0.4, -0.2) is 33.1 Å². The van der Waals surface area contributed by atoms with Crippen LogP contribution in [0.4, 0.5) is 10.2 Å². The van der Waals surface area contributed by atoms with Crippen LogP contribution in [0.2, 0.25) is 0 Å². The van der Waals surface area contributed by atoms with E-state index in [1.54, 1.807) is 12.3 Å². The number of nitrogens with zero attached hydrogens (tertiary/aromatic N) is 4. The largest absolute Gasteiger partial charge is 0.491 e. The Morgan fingerprint density at radius 3 is 2.88 bits per heavy atom. The number of aromatic nitrogens is 4. The van der Waals surface area contributed by atoms with Crippen molar-refractivity contribution in [3.8, 4) is 17.0 Å². The molecule has 1 aliphatic heterocycles. The molecule has 1 aliphatic rings. The lowest BCUT2D eigenvalue weighted by Gasteiger charge is -2.22. The number of nitrogens with one attached hydrogen (secondary N) is 1. The number of ether oxygens (including phenoxy) is 1. The maximum atomic E-state index is 14.5. The van der Waals surface area contributed by atoms with Crippen molar-refractivity contribution in [1.82, 2.24) is 19.9 Å². The van der Waals surface area contributed by atoms with E-state index in [4.69, 9.17) is 4.74 Å². The van der Waals surface area contributed by atoms with Crippen molar-refractivity contribution in [2.45, 2.75) is 26.2 Å². The number of pyridine rings is 2. The monoisotopic (exact) mass is 429 g/mol. The molecule has 2 atom stereocenters. The Kier molecular flexibility index (Phi) is 5.39. The average molecular weight is 429 g/mol. The highest BCUT2D eigenvalue weighted by Crippen LogP contribution is 2.36. The van der Waals surface area contributed by atoms with E-state index in [1.807, 2.05) is 24.4 Å². The number of anilines is 1. The fourth-order valence-corrected chi connectivity index (χ4v) is 4.12. The van der Waals surface area contributed by atoms with Crippen LogP contribution in [0.1, 0.15) is 31.0 Å². The molecule has 0 bridgehead atoms. The van der Waals surface area contributed by atoms with Crippen molar-refractivity contribution in [2.24, 2.45) is 5.92 Å². The second-order valence-electron chi connectivity index (χ2n) is 8.24. The molecule has 0 radical (unpaired) electrons. The zero-order chi connectivity index (χ0) is 22.1. The van der Waals surface area contributed by atoms with Gasteiger partial charge in [0.15, 0.2) is 0 Å². The zero-order valence-corrected chi connectivity index (χ0v) is 18.0. The Hall–Kier alpha value is -3.61. The van der Waals surface area contributed by atoms with Crippen LogP contribution in [0.3, 0.4) is 0 Å². The molecule has 32 heavy (non-hydrogen) atoms. The molecule has 3 aromatic heterocycles. The van der Waals surface area contributed by atoms with Crippen LogP contribution in [0.5, 0.6) is 5.75 Å². The molecular formula is C25H24FN5O. The summed E-state index contributed by atoms with van der Waals surface area (Å²) in [5.74, 6) is 1.91. The van der Waals surface area contributed by atoms with E-state index in [0.717, 1.165) is 29.8 Å². The highest BCUT2D eigenvalue weighted by molar-refractivity contribution is 5.84. The lowest BCUT2D eigenvalue weighted by atomic mass is 9.88. The molecular weight excluding hydrogens is 405 g/mol. The first-order valence-electron chi connectivity index (χ1n) is 10.8. The summed E-state index contributed by atoms with van der Waals surface area (Å²) in [4.78, 5) is 17.2. The van der Waals surface area contributed by atoms with Gasteiger partial charge in [-0.05, 0) is 36.1 Å². The molecule has 0 saturated heterocycles. The number of benzene rings is 1. The predicted octanol–water partition coefficient (Wildman–Crippen LogP) is 5.01. The van der Waals surface area contributed by atoms with Crippen LogP contribution in [0.25, 0.3) is 22.2 Å². The van der Waals surface area contributed by atoms with Crippen LogP contribution < -0.4 is 10.1 Å². The van der Waals surface area contributed by atoms with Gasteiger partial charge in [0.2, 0.25) is 0 Å². The van der Waals surface area contributed by atoms with Gasteiger partial charge >= 0.3 is 0 Å². The zero-order valence-electron chi connectivity index (χ0n) is 18.0. The minimum atomic E-state index is -0.360. The lowest BCUT2D eigenvalue weighted by Crippen LogP contribution is -2.18. The smallest absolute Gasteiger partial charge is 0.150 e. The van der Waals surface area contributed by atoms with Gasteiger partial charge in [-0.1, -0.05) is 19.9 Å². The summed E-state index contributed by atoms with van der Waals surface area (Å²) in [6, 6.07) is 10.9. The lowest BCUT2D eigenvalue weighted by molar-refractivity contribution is 0.347. The Labute approximate surface area is 185 Å². The number of halogens is 1. The third-order valence-corrected chi connectivity index (χ3v) is 6.16. The third kappa shape index (κ3) is 3.86. The summed E-state index contributed by atoms with van der Waals surface area (Å²) in [6.45, 7) is 5.84. The fourth-order valence-electron chi connectivity index (χ4n) is 4.12. The second kappa shape index (κ2) is 8.49. The molecule has 0 aliphatic carbocycles. The number of rotatable bonds is 6. The average Bonchev–Trinajstić information content (AvgIpc) is 3.31. The Morgan fingerprint density at radius 2 is 1.97 bits per heavy atom. The molecule has 0 saturated carbocycles. The minimum Gasteiger partial charge on any atom is -0.491 e. The van der Waals surface area contributed by atoms with E-state index in [2.05, 4.69) is 45.2 Å². The van der Waals surface area contributed by atoms with Gasteiger partial charge < -0.3 is 10.1 Å². The van der Waals surface area contributed by atoms with Crippen LogP contribution in [-0.2, 0) is 6.42 Å². The van der Waals surface area contributed by atoms with Crippen molar-refractivity contribution in [3.05, 3.63) is 72.2 Å². The molecule has 4 heterocycles. The molecule has 7 heteroatoms. The van der Waals surface area contributed by atoms with Crippen molar-refractivity contribution in [1.29, 1.82) is 0 Å². The maximum absolute atomic E-state index is 14.5. The van der Waals surface area contributed by atoms with Gasteiger partial charge in [0.05, 0.1) is 18.0 Å². The van der Waals surface area contributed by atoms with Crippen molar-refractivity contribution in [3.63, 3.8) is 0 Å². The number of fused-ring (bicyclic) bond motifs is 2. The van der Waals surface area contributed by atoms with E-state index in [9.17, 15) is 4.39 Å². The Bertz CT molecular complexity index is 1280. The number of hydrogen-bond donors (Lipinski definition) is 1. The molecule has 0 spiro atoms. The van der Waals surface area contributed by atoms with Crippen molar-refractivity contribution in [2.75, 3.05) is 18.5 Å². The van der Waals surface area contributed by atoms with Gasteiger partial charge in [-0.15, -0.1) is 0 Å². The SMILES string of the molecule is CC(CNc1cc(-c2cc(F)c3ncccc3c2)ncn1)[C@@H](C)c1ccnc2c1OCC2. The first-order chi connectivity index (χ1) is 15.6. The first-order valence-corrected chi connectivity index (χ1v) is 10.8. The molecule has 0 fully saturated rings. The second-order valence-corrected chi connectivity index (χ2v) is 8.24. The van der Waals surface area contributed by atoms with Gasteiger partial charge in [0, 0.05) is 47.9 Å². The highest BCUT2D eigenvalue weighted by Gasteiger charge is 2.24. The fraction of sp³-hybridized carbons (Fsp3) is 0.280. The molecule has 1 aromatic carbocycles. The van der Waals surface area contributed by atoms with E-state index < -0.39 is 0 Å². The molecule has 1 N–H and O–H groups in total. The van der Waals surface area contributed by atoms with E-state index in [-0.39, 0.29) is 5.82 Å². The summed E-state index contributed by atoms with van der Waals surface area (Å²) in [5, 5.41) is 4.15. The van der Waals surface area contributed by atoms with Gasteiger partial charge in [-0.25, -0.2) is 14.4 Å².